The maximum Gasteiger partial charge on any atom is 0.268 e. The molecule has 1 amide bonds. The van der Waals surface area contributed by atoms with Crippen LogP contribution in [0.3, 0.4) is 0 Å². The molecule has 4 aromatic rings. The van der Waals surface area contributed by atoms with E-state index in [0.29, 0.717) is 18.8 Å². The molecule has 0 aliphatic carbocycles. The predicted molar refractivity (Wildman–Crippen MR) is 113 cm³/mol. The molecule has 0 aliphatic rings. The van der Waals surface area contributed by atoms with Crippen molar-refractivity contribution in [3.8, 4) is 0 Å². The van der Waals surface area contributed by atoms with Crippen LogP contribution in [0.1, 0.15) is 26.5 Å². The Bertz CT molecular complexity index is 1080. The average Bonchev–Trinajstić information content (AvgIpc) is 3.19. The zero-order valence-electron chi connectivity index (χ0n) is 14.8. The SMILES string of the molecule is Cc1cc2c(cc(C(=O)NCc3cccnc3)n2Cc2ccc(Br)cc2)s1. The lowest BCUT2D eigenvalue weighted by atomic mass is 10.2. The van der Waals surface area contributed by atoms with Crippen LogP contribution in [0.4, 0.5) is 0 Å². The number of benzene rings is 1. The summed E-state index contributed by atoms with van der Waals surface area (Å²) in [6, 6.07) is 16.2. The van der Waals surface area contributed by atoms with E-state index in [2.05, 4.69) is 55.9 Å². The van der Waals surface area contributed by atoms with Gasteiger partial charge in [0.05, 0.1) is 10.2 Å². The van der Waals surface area contributed by atoms with Gasteiger partial charge in [0.1, 0.15) is 5.69 Å². The van der Waals surface area contributed by atoms with Crippen LogP contribution in [0, 0.1) is 6.92 Å². The van der Waals surface area contributed by atoms with Gasteiger partial charge in [0, 0.05) is 34.8 Å². The van der Waals surface area contributed by atoms with Crippen LogP contribution in [0.25, 0.3) is 10.2 Å². The molecule has 4 nitrogen and oxygen atoms in total. The maximum absolute atomic E-state index is 12.9. The van der Waals surface area contributed by atoms with Crippen LogP contribution < -0.4 is 5.32 Å². The van der Waals surface area contributed by atoms with E-state index < -0.39 is 0 Å². The number of halogens is 1. The Kier molecular flexibility index (Phi) is 5.09. The summed E-state index contributed by atoms with van der Waals surface area (Å²) in [7, 11) is 0. The normalized spacial score (nSPS) is 11.0. The first-order valence-electron chi connectivity index (χ1n) is 8.61. The lowest BCUT2D eigenvalue weighted by Gasteiger charge is -2.11. The number of nitrogens with one attached hydrogen (secondary N) is 1. The molecule has 0 bridgehead atoms. The van der Waals surface area contributed by atoms with E-state index in [9.17, 15) is 4.79 Å². The molecule has 0 saturated carbocycles. The number of pyridine rings is 1. The first kappa shape index (κ1) is 17.9. The number of carbonyl (C=O) groups excluding carboxylic acids is 1. The van der Waals surface area contributed by atoms with Crippen LogP contribution in [0.2, 0.25) is 0 Å². The summed E-state index contributed by atoms with van der Waals surface area (Å²) >= 11 is 5.19. The molecule has 0 atom stereocenters. The Morgan fingerprint density at radius 1 is 1.19 bits per heavy atom. The molecule has 0 spiro atoms. The van der Waals surface area contributed by atoms with Gasteiger partial charge in [-0.1, -0.05) is 34.1 Å². The number of hydrogen-bond acceptors (Lipinski definition) is 3. The average molecular weight is 440 g/mol. The number of aryl methyl sites for hydroxylation is 1. The third kappa shape index (κ3) is 3.96. The molecule has 6 heteroatoms. The molecular formula is C21H18BrN3OS. The highest BCUT2D eigenvalue weighted by atomic mass is 79.9. The van der Waals surface area contributed by atoms with Crippen LogP contribution in [0.5, 0.6) is 0 Å². The van der Waals surface area contributed by atoms with Crippen molar-refractivity contribution < 1.29 is 4.79 Å². The standard InChI is InChI=1S/C21H18BrN3OS/c1-14-9-18-20(27-14)10-19(21(26)24-12-16-3-2-8-23-11-16)25(18)13-15-4-6-17(22)7-5-15/h2-11H,12-13H2,1H3,(H,24,26). The van der Waals surface area contributed by atoms with Gasteiger partial charge in [0.15, 0.2) is 0 Å². The highest BCUT2D eigenvalue weighted by Crippen LogP contribution is 2.29. The zero-order valence-corrected chi connectivity index (χ0v) is 17.2. The topological polar surface area (TPSA) is 46.9 Å². The number of aromatic nitrogens is 2. The van der Waals surface area contributed by atoms with E-state index in [4.69, 9.17) is 0 Å². The second-order valence-electron chi connectivity index (χ2n) is 6.39. The van der Waals surface area contributed by atoms with Gasteiger partial charge in [0.2, 0.25) is 0 Å². The molecule has 4 rings (SSSR count). The molecule has 0 fully saturated rings. The quantitative estimate of drug-likeness (QED) is 0.467. The zero-order chi connectivity index (χ0) is 18.8. The summed E-state index contributed by atoms with van der Waals surface area (Å²) in [6.07, 6.45) is 3.49. The fourth-order valence-electron chi connectivity index (χ4n) is 3.07. The van der Waals surface area contributed by atoms with E-state index in [1.54, 1.807) is 23.7 Å². The molecule has 136 valence electrons. The van der Waals surface area contributed by atoms with Crippen molar-refractivity contribution in [1.82, 2.24) is 14.9 Å². The molecule has 3 heterocycles. The first-order valence-corrected chi connectivity index (χ1v) is 10.2. The van der Waals surface area contributed by atoms with Crippen LogP contribution in [-0.4, -0.2) is 15.5 Å². The Labute approximate surface area is 170 Å². The molecular weight excluding hydrogens is 422 g/mol. The van der Waals surface area contributed by atoms with E-state index in [0.717, 1.165) is 25.8 Å². The second-order valence-corrected chi connectivity index (χ2v) is 8.60. The minimum atomic E-state index is -0.0722. The molecule has 1 aromatic carbocycles. The number of thiophene rings is 1. The summed E-state index contributed by atoms with van der Waals surface area (Å²) in [6.45, 7) is 3.21. The lowest BCUT2D eigenvalue weighted by molar-refractivity contribution is 0.0942. The van der Waals surface area contributed by atoms with Crippen molar-refractivity contribution in [1.29, 1.82) is 0 Å². The fourth-order valence-corrected chi connectivity index (χ4v) is 4.30. The Morgan fingerprint density at radius 3 is 2.74 bits per heavy atom. The van der Waals surface area contributed by atoms with E-state index in [-0.39, 0.29) is 5.91 Å². The smallest absolute Gasteiger partial charge is 0.268 e. The summed E-state index contributed by atoms with van der Waals surface area (Å²) in [5.41, 5.74) is 3.92. The van der Waals surface area contributed by atoms with Crippen LogP contribution in [-0.2, 0) is 13.1 Å². The van der Waals surface area contributed by atoms with Gasteiger partial charge in [-0.15, -0.1) is 11.3 Å². The van der Waals surface area contributed by atoms with Gasteiger partial charge < -0.3 is 9.88 Å². The van der Waals surface area contributed by atoms with E-state index in [1.807, 2.05) is 30.3 Å². The molecule has 0 radical (unpaired) electrons. The van der Waals surface area contributed by atoms with Crippen molar-refractivity contribution in [3.05, 3.63) is 87.1 Å². The van der Waals surface area contributed by atoms with Gasteiger partial charge in [-0.2, -0.15) is 0 Å². The number of rotatable bonds is 5. The third-order valence-corrected chi connectivity index (χ3v) is 5.89. The summed E-state index contributed by atoms with van der Waals surface area (Å²) in [5.74, 6) is -0.0722. The minimum absolute atomic E-state index is 0.0722. The number of carbonyl (C=O) groups is 1. The van der Waals surface area contributed by atoms with Gasteiger partial charge in [-0.05, 0) is 48.4 Å². The Balaban J connectivity index is 1.64. The Morgan fingerprint density at radius 2 is 2.00 bits per heavy atom. The highest BCUT2D eigenvalue weighted by molar-refractivity contribution is 9.10. The van der Waals surface area contributed by atoms with Crippen molar-refractivity contribution in [2.75, 3.05) is 0 Å². The molecule has 27 heavy (non-hydrogen) atoms. The summed E-state index contributed by atoms with van der Waals surface area (Å²) in [4.78, 5) is 18.2. The third-order valence-electron chi connectivity index (χ3n) is 4.38. The largest absolute Gasteiger partial charge is 0.347 e. The minimum Gasteiger partial charge on any atom is -0.347 e. The molecule has 0 unspecified atom stereocenters. The van der Waals surface area contributed by atoms with Crippen molar-refractivity contribution >= 4 is 43.4 Å². The molecule has 0 saturated heterocycles. The van der Waals surface area contributed by atoms with Crippen LogP contribution in [0.15, 0.2) is 65.4 Å². The monoisotopic (exact) mass is 439 g/mol. The van der Waals surface area contributed by atoms with Gasteiger partial charge in [0.25, 0.3) is 5.91 Å². The number of fused-ring (bicyclic) bond motifs is 1. The number of nitrogens with zero attached hydrogens (tertiary/aromatic N) is 2. The van der Waals surface area contributed by atoms with Crippen molar-refractivity contribution in [3.63, 3.8) is 0 Å². The van der Waals surface area contributed by atoms with Gasteiger partial charge in [-0.3, -0.25) is 9.78 Å². The summed E-state index contributed by atoms with van der Waals surface area (Å²) in [5, 5.41) is 3.01. The lowest BCUT2D eigenvalue weighted by Crippen LogP contribution is -2.25. The van der Waals surface area contributed by atoms with E-state index >= 15 is 0 Å². The predicted octanol–water partition coefficient (Wildman–Crippen LogP) is 5.15. The van der Waals surface area contributed by atoms with E-state index in [1.165, 1.54) is 4.88 Å². The van der Waals surface area contributed by atoms with Gasteiger partial charge >= 0.3 is 0 Å². The van der Waals surface area contributed by atoms with Crippen molar-refractivity contribution in [2.45, 2.75) is 20.0 Å². The maximum atomic E-state index is 12.9. The first-order chi connectivity index (χ1) is 13.1. The summed E-state index contributed by atoms with van der Waals surface area (Å²) < 4.78 is 4.28. The second kappa shape index (κ2) is 7.66. The highest BCUT2D eigenvalue weighted by Gasteiger charge is 2.17. The Hall–Kier alpha value is -2.44. The fraction of sp³-hybridized carbons (Fsp3) is 0.143. The van der Waals surface area contributed by atoms with Gasteiger partial charge in [-0.25, -0.2) is 0 Å². The van der Waals surface area contributed by atoms with Crippen molar-refractivity contribution in [2.24, 2.45) is 0 Å². The number of amides is 1. The molecule has 3 aromatic heterocycles. The molecule has 0 aliphatic heterocycles. The van der Waals surface area contributed by atoms with Crippen LogP contribution >= 0.6 is 27.3 Å². The number of hydrogen-bond donors (Lipinski definition) is 1. The molecule has 1 N–H and O–H groups in total.